The van der Waals surface area contributed by atoms with E-state index in [-0.39, 0.29) is 26.4 Å². The second-order valence-corrected chi connectivity index (χ2v) is 12.1. The molecule has 0 radical (unpaired) electrons. The second kappa shape index (κ2) is 21.5. The van der Waals surface area contributed by atoms with Gasteiger partial charge in [0.25, 0.3) is 0 Å². The second-order valence-electron chi connectivity index (χ2n) is 10.5. The lowest BCUT2D eigenvalue weighted by Crippen LogP contribution is -2.45. The Kier molecular flexibility index (Phi) is 16.6. The molecule has 0 bridgehead atoms. The molecule has 5 N–H and O–H groups in total. The highest BCUT2D eigenvalue weighted by atomic mass is 32.2. The van der Waals surface area contributed by atoms with E-state index in [4.69, 9.17) is 24.7 Å². The Morgan fingerprint density at radius 2 is 0.855 bits per heavy atom. The molecule has 0 aliphatic rings. The number of hydrogen-bond acceptors (Lipinski definition) is 10. The molecule has 20 heteroatoms. The fourth-order valence-corrected chi connectivity index (χ4v) is 4.14. The van der Waals surface area contributed by atoms with Crippen molar-refractivity contribution in [1.82, 2.24) is 16.0 Å². The van der Waals surface area contributed by atoms with Gasteiger partial charge in [-0.15, -0.1) is 9.39 Å². The average Bonchev–Trinajstić information content (AvgIpc) is 3.16. The van der Waals surface area contributed by atoms with Crippen LogP contribution in [0.2, 0.25) is 0 Å². The molecular formula is C35H33F3N6O10S. The summed E-state index contributed by atoms with van der Waals surface area (Å²) >= 11 is 0. The summed E-state index contributed by atoms with van der Waals surface area (Å²) in [6, 6.07) is 34.7. The Hall–Kier alpha value is -6.96. The molecule has 290 valence electrons. The van der Waals surface area contributed by atoms with Crippen LogP contribution in [0.25, 0.3) is 0 Å². The summed E-state index contributed by atoms with van der Waals surface area (Å²) < 4.78 is 82.3. The molecule has 4 aromatic rings. The van der Waals surface area contributed by atoms with Crippen LogP contribution < -0.4 is 21.7 Å². The summed E-state index contributed by atoms with van der Waals surface area (Å²) in [5.41, 5.74) is 2.43. The zero-order chi connectivity index (χ0) is 40.1. The number of sulfonamides is 1. The van der Waals surface area contributed by atoms with Crippen molar-refractivity contribution in [2.75, 3.05) is 0 Å². The molecule has 0 aliphatic carbocycles. The Morgan fingerprint density at radius 3 is 1.18 bits per heavy atom. The molecule has 4 amide bonds. The van der Waals surface area contributed by atoms with Crippen LogP contribution in [0.4, 0.5) is 32.3 Å². The van der Waals surface area contributed by atoms with Gasteiger partial charge < -0.3 is 24.7 Å². The number of rotatable bonds is 9. The minimum absolute atomic E-state index is 0.0644. The van der Waals surface area contributed by atoms with Crippen LogP contribution in [-0.4, -0.2) is 50.2 Å². The molecule has 0 aliphatic heterocycles. The van der Waals surface area contributed by atoms with E-state index in [1.54, 1.807) is 83.4 Å². The highest BCUT2D eigenvalue weighted by Crippen LogP contribution is 2.24. The predicted octanol–water partition coefficient (Wildman–Crippen LogP) is 5.61. The maximum absolute atomic E-state index is 12.6. The van der Waals surface area contributed by atoms with Crippen molar-refractivity contribution in [2.24, 2.45) is 15.1 Å². The molecule has 16 nitrogen and oxygen atoms in total. The molecular weight excluding hydrogens is 753 g/mol. The zero-order valence-electron chi connectivity index (χ0n) is 28.5. The monoisotopic (exact) mass is 786 g/mol. The lowest BCUT2D eigenvalue weighted by molar-refractivity contribution is -0.0435. The molecule has 0 heterocycles. The quantitative estimate of drug-likeness (QED) is 0.0927. The normalized spacial score (nSPS) is 11.0. The minimum Gasteiger partial charge on any atom is -0.444 e. The molecule has 0 unspecified atom stereocenters. The maximum atomic E-state index is 12.6. The van der Waals surface area contributed by atoms with E-state index in [9.17, 15) is 40.8 Å². The summed E-state index contributed by atoms with van der Waals surface area (Å²) in [4.78, 5) is 50.1. The number of amides is 4. The van der Waals surface area contributed by atoms with Gasteiger partial charge in [-0.1, -0.05) is 121 Å². The summed E-state index contributed by atoms with van der Waals surface area (Å²) in [6.07, 6.45) is -4.43. The van der Waals surface area contributed by atoms with Crippen molar-refractivity contribution in [3.8, 4) is 0 Å². The molecule has 4 aromatic carbocycles. The first-order chi connectivity index (χ1) is 26.2. The van der Waals surface area contributed by atoms with E-state index in [1.807, 2.05) is 48.5 Å². The van der Waals surface area contributed by atoms with Gasteiger partial charge in [-0.3, -0.25) is 16.0 Å². The van der Waals surface area contributed by atoms with E-state index in [0.29, 0.717) is 11.1 Å². The molecule has 0 aromatic heterocycles. The summed E-state index contributed by atoms with van der Waals surface area (Å²) in [6.45, 7) is -0.401. The first-order valence-corrected chi connectivity index (χ1v) is 17.0. The number of nitrogens with zero attached hydrogens (tertiary/aromatic N) is 2. The number of halogens is 3. The number of ether oxygens (including phenoxy) is 4. The number of hydrogen-bond donors (Lipinski definition) is 4. The van der Waals surface area contributed by atoms with Gasteiger partial charge in [-0.25, -0.2) is 19.2 Å². The number of carbonyl (C=O) groups is 4. The van der Waals surface area contributed by atoms with Gasteiger partial charge in [0.05, 0.1) is 0 Å². The van der Waals surface area contributed by atoms with Crippen LogP contribution in [0.15, 0.2) is 131 Å². The number of nitrogens with one attached hydrogen (secondary N) is 3. The summed E-state index contributed by atoms with van der Waals surface area (Å²) in [5, 5.41) is 5.43. The third kappa shape index (κ3) is 16.9. The van der Waals surface area contributed by atoms with Gasteiger partial charge in [-0.05, 0) is 22.3 Å². The van der Waals surface area contributed by atoms with Gasteiger partial charge in [0.1, 0.15) is 26.4 Å². The van der Waals surface area contributed by atoms with Crippen LogP contribution >= 0.6 is 0 Å². The maximum Gasteiger partial charge on any atom is 0.518 e. The number of nitrogens with two attached hydrogens (primary N) is 1. The van der Waals surface area contributed by atoms with Gasteiger partial charge in [-0.2, -0.15) is 21.6 Å². The van der Waals surface area contributed by atoms with Crippen LogP contribution in [0, 0.1) is 0 Å². The van der Waals surface area contributed by atoms with Crippen LogP contribution in [0.5, 0.6) is 0 Å². The van der Waals surface area contributed by atoms with Crippen molar-refractivity contribution in [3.63, 3.8) is 0 Å². The Morgan fingerprint density at radius 1 is 0.545 bits per heavy atom. The van der Waals surface area contributed by atoms with Crippen LogP contribution in [0.1, 0.15) is 22.3 Å². The van der Waals surface area contributed by atoms with Crippen molar-refractivity contribution < 1.29 is 59.7 Å². The van der Waals surface area contributed by atoms with Crippen molar-refractivity contribution in [3.05, 3.63) is 144 Å². The lowest BCUT2D eigenvalue weighted by atomic mass is 10.2. The Labute approximate surface area is 312 Å². The highest BCUT2D eigenvalue weighted by Gasteiger charge is 2.46. The van der Waals surface area contributed by atoms with Gasteiger partial charge >= 0.3 is 39.9 Å². The Bertz CT molecular complexity index is 1960. The summed E-state index contributed by atoms with van der Waals surface area (Å²) in [7, 11) is -6.07. The average molecular weight is 787 g/mol. The van der Waals surface area contributed by atoms with E-state index < -0.39 is 51.8 Å². The first kappa shape index (κ1) is 42.5. The zero-order valence-corrected chi connectivity index (χ0v) is 29.3. The number of benzene rings is 4. The third-order valence-electron chi connectivity index (χ3n) is 6.23. The molecule has 0 saturated heterocycles. The van der Waals surface area contributed by atoms with Crippen molar-refractivity contribution in [1.29, 1.82) is 0 Å². The SMILES string of the molecule is NC(=NC(=O)OCc1ccccc1)NC(=O)OCc1ccccc1.O=C(NC(=NS(=O)(=O)C(F)(F)F)NC(=O)OCc1ccccc1)OCc1ccccc1. The fourth-order valence-electron chi connectivity index (χ4n) is 3.70. The number of aliphatic imine (C=N–C) groups is 1. The van der Waals surface area contributed by atoms with Gasteiger partial charge in [0.15, 0.2) is 0 Å². The number of guanidine groups is 2. The lowest BCUT2D eigenvalue weighted by Gasteiger charge is -2.12. The molecule has 0 saturated carbocycles. The topological polar surface area (TPSA) is 226 Å². The van der Waals surface area contributed by atoms with Crippen LogP contribution in [-0.2, 0) is 55.4 Å². The molecule has 55 heavy (non-hydrogen) atoms. The highest BCUT2D eigenvalue weighted by molar-refractivity contribution is 7.91. The predicted molar refractivity (Wildman–Crippen MR) is 190 cm³/mol. The number of alkyl halides is 3. The van der Waals surface area contributed by atoms with E-state index >= 15 is 0 Å². The Balaban J connectivity index is 0.000000305. The minimum atomic E-state index is -6.07. The van der Waals surface area contributed by atoms with Crippen molar-refractivity contribution in [2.45, 2.75) is 31.9 Å². The van der Waals surface area contributed by atoms with E-state index in [1.165, 1.54) is 0 Å². The first-order valence-electron chi connectivity index (χ1n) is 15.6. The standard InChI is InChI=1S/C18H16F3N3O6S.C17H17N3O4/c19-18(20,21)31(27,28)24-15(22-16(25)29-11-13-7-3-1-4-8-13)23-17(26)30-12-14-9-5-2-6-10-14;18-15(19-16(21)23-11-13-7-3-1-4-8-13)20-17(22)24-12-14-9-5-2-6-10-14/h1-10H,11-12H2,(H2,22,23,24,25,26);1-10H,11-12H2,(H3,18,19,20,21,22). The van der Waals surface area contributed by atoms with Crippen molar-refractivity contribution >= 4 is 46.3 Å². The van der Waals surface area contributed by atoms with Gasteiger partial charge in [0.2, 0.25) is 11.9 Å². The molecule has 4 rings (SSSR count). The summed E-state index contributed by atoms with van der Waals surface area (Å²) in [5.74, 6) is -1.74. The number of alkyl carbamates (subject to hydrolysis) is 3. The fraction of sp³-hybridized carbons (Fsp3) is 0.143. The largest absolute Gasteiger partial charge is 0.518 e. The number of carbonyl (C=O) groups excluding carboxylic acids is 4. The van der Waals surface area contributed by atoms with Gasteiger partial charge in [0, 0.05) is 0 Å². The smallest absolute Gasteiger partial charge is 0.444 e. The van der Waals surface area contributed by atoms with E-state index in [2.05, 4.69) is 14.7 Å². The third-order valence-corrected chi connectivity index (χ3v) is 7.24. The molecule has 0 fully saturated rings. The van der Waals surface area contributed by atoms with E-state index in [0.717, 1.165) is 11.1 Å². The van der Waals surface area contributed by atoms with Crippen LogP contribution in [0.3, 0.4) is 0 Å². The molecule has 0 spiro atoms. The molecule has 0 atom stereocenters.